The monoisotopic (exact) mass is 674 g/mol. The van der Waals surface area contributed by atoms with Gasteiger partial charge in [0.25, 0.3) is 0 Å². The van der Waals surface area contributed by atoms with Gasteiger partial charge in [0.05, 0.1) is 14.2 Å². The van der Waals surface area contributed by atoms with Gasteiger partial charge in [-0.05, 0) is 80.1 Å². The van der Waals surface area contributed by atoms with Crippen molar-refractivity contribution in [3.63, 3.8) is 0 Å². The van der Waals surface area contributed by atoms with Crippen molar-refractivity contribution in [1.29, 1.82) is 0 Å². The highest BCUT2D eigenvalue weighted by molar-refractivity contribution is 7.43. The number of carbonyl (C=O) groups excluding carboxylic acids is 1. The van der Waals surface area contributed by atoms with E-state index in [4.69, 9.17) is 32.5 Å². The first kappa shape index (κ1) is 36.4. The Balaban J connectivity index is 1.80. The molecule has 0 amide bonds. The highest BCUT2D eigenvalue weighted by atomic mass is 31.2. The molecule has 0 aliphatic carbocycles. The van der Waals surface area contributed by atoms with E-state index in [2.05, 4.69) is 41.5 Å². The summed E-state index contributed by atoms with van der Waals surface area (Å²) in [6, 6.07) is 26.1. The molecule has 0 aliphatic heterocycles. The molecule has 0 saturated heterocycles. The highest BCUT2D eigenvalue weighted by Gasteiger charge is 2.30. The van der Waals surface area contributed by atoms with E-state index in [0.717, 1.165) is 22.6 Å². The maximum atomic E-state index is 12.7. The van der Waals surface area contributed by atoms with Gasteiger partial charge >= 0.3 is 14.8 Å². The van der Waals surface area contributed by atoms with Crippen molar-refractivity contribution in [2.45, 2.75) is 78.7 Å². The van der Waals surface area contributed by atoms with Crippen molar-refractivity contribution in [3.05, 3.63) is 96.1 Å². The van der Waals surface area contributed by atoms with Gasteiger partial charge in [-0.2, -0.15) is 0 Å². The fraction of sp³-hybridized carbons (Fsp3) is 0.359. The summed E-state index contributed by atoms with van der Waals surface area (Å²) in [6.07, 6.45) is -0.800. The van der Waals surface area contributed by atoms with Crippen LogP contribution in [0.4, 0.5) is 4.79 Å². The summed E-state index contributed by atoms with van der Waals surface area (Å²) in [5, 5.41) is 0. The number of ether oxygens (including phenoxy) is 4. The van der Waals surface area contributed by atoms with E-state index in [1.54, 1.807) is 47.1 Å². The third kappa shape index (κ3) is 9.57. The number of rotatable bonds is 10. The minimum Gasteiger partial charge on any atom is -0.497 e. The topological polar surface area (TPSA) is 81.7 Å². The average molecular weight is 675 g/mol. The van der Waals surface area contributed by atoms with Gasteiger partial charge in [-0.15, -0.1) is 0 Å². The molecule has 0 spiro atoms. The lowest BCUT2D eigenvalue weighted by Gasteiger charge is -2.28. The van der Waals surface area contributed by atoms with Crippen molar-refractivity contribution in [1.82, 2.24) is 0 Å². The van der Waals surface area contributed by atoms with E-state index in [9.17, 15) is 4.79 Å². The lowest BCUT2D eigenvalue weighted by molar-refractivity contribution is 0.0207. The predicted octanol–water partition coefficient (Wildman–Crippen LogP) is 11.0. The molecule has 0 atom stereocenters. The largest absolute Gasteiger partial charge is 0.530 e. The zero-order chi connectivity index (χ0) is 35.3. The first-order chi connectivity index (χ1) is 22.5. The van der Waals surface area contributed by atoms with E-state index >= 15 is 0 Å². The Hall–Kier alpha value is -4.42. The van der Waals surface area contributed by atoms with Crippen LogP contribution in [0.1, 0.15) is 73.4 Å². The van der Waals surface area contributed by atoms with Crippen molar-refractivity contribution < 1.29 is 37.3 Å². The molecule has 0 N–H and O–H groups in total. The van der Waals surface area contributed by atoms with E-state index in [0.29, 0.717) is 34.1 Å². The Morgan fingerprint density at radius 2 is 0.958 bits per heavy atom. The van der Waals surface area contributed by atoms with E-state index < -0.39 is 20.4 Å². The number of carbonyl (C=O) groups is 1. The van der Waals surface area contributed by atoms with Crippen LogP contribution in [0.5, 0.6) is 34.5 Å². The maximum Gasteiger partial charge on any atom is 0.530 e. The van der Waals surface area contributed by atoms with Crippen LogP contribution in [0.25, 0.3) is 11.1 Å². The van der Waals surface area contributed by atoms with Crippen LogP contribution in [0.15, 0.2) is 84.9 Å². The van der Waals surface area contributed by atoms with Crippen molar-refractivity contribution in [2.75, 3.05) is 14.2 Å². The summed E-state index contributed by atoms with van der Waals surface area (Å²) in [5.74, 6) is 3.44. The molecule has 8 nitrogen and oxygen atoms in total. The third-order valence-corrected chi connectivity index (χ3v) is 8.19. The lowest BCUT2D eigenvalue weighted by Crippen LogP contribution is -2.26. The van der Waals surface area contributed by atoms with Crippen molar-refractivity contribution in [3.8, 4) is 45.6 Å². The fourth-order valence-electron chi connectivity index (χ4n) is 4.81. The first-order valence-corrected chi connectivity index (χ1v) is 16.9. The highest BCUT2D eigenvalue weighted by Crippen LogP contribution is 2.50. The van der Waals surface area contributed by atoms with Crippen molar-refractivity contribution in [2.24, 2.45) is 0 Å². The van der Waals surface area contributed by atoms with Gasteiger partial charge in [0, 0.05) is 22.3 Å². The molecule has 256 valence electrons. The molecular weight excluding hydrogens is 627 g/mol. The van der Waals surface area contributed by atoms with Crippen LogP contribution in [0.2, 0.25) is 0 Å². The smallest absolute Gasteiger partial charge is 0.497 e. The Kier molecular flexibility index (Phi) is 11.2. The normalized spacial score (nSPS) is 11.9. The minimum atomic E-state index is -2.11. The third-order valence-electron chi connectivity index (χ3n) is 7.16. The summed E-state index contributed by atoms with van der Waals surface area (Å²) in [5.41, 5.74) is 1.89. The van der Waals surface area contributed by atoms with Crippen molar-refractivity contribution >= 4 is 14.8 Å². The van der Waals surface area contributed by atoms with Crippen LogP contribution in [-0.4, -0.2) is 26.0 Å². The number of benzene rings is 4. The van der Waals surface area contributed by atoms with Gasteiger partial charge in [-0.25, -0.2) is 4.79 Å². The zero-order valence-electron chi connectivity index (χ0n) is 29.8. The maximum absolute atomic E-state index is 12.7. The molecule has 0 unspecified atom stereocenters. The second kappa shape index (κ2) is 14.8. The second-order valence-corrected chi connectivity index (χ2v) is 15.3. The SMILES string of the molecule is COc1ccc(OP(Oc2ccccc2-c2ccccc2OC(=O)OC(C)(C)C)Oc2ccc(OC)cc2C(C)(C)C)c(C(C)(C)C)c1. The molecule has 0 saturated carbocycles. The van der Waals surface area contributed by atoms with Crippen LogP contribution < -0.4 is 27.8 Å². The second-order valence-electron chi connectivity index (χ2n) is 14.3. The molecule has 0 heterocycles. The zero-order valence-corrected chi connectivity index (χ0v) is 30.7. The molecule has 48 heavy (non-hydrogen) atoms. The molecule has 0 aromatic heterocycles. The van der Waals surface area contributed by atoms with Crippen LogP contribution >= 0.6 is 8.60 Å². The van der Waals surface area contributed by atoms with Gasteiger partial charge in [0.1, 0.15) is 40.1 Å². The molecule has 0 radical (unpaired) electrons. The summed E-state index contributed by atoms with van der Waals surface area (Å²) in [6.45, 7) is 18.0. The Morgan fingerprint density at radius 1 is 0.542 bits per heavy atom. The van der Waals surface area contributed by atoms with Crippen LogP contribution in [0.3, 0.4) is 0 Å². The summed E-state index contributed by atoms with van der Waals surface area (Å²) >= 11 is 0. The Labute approximate surface area is 286 Å². The first-order valence-electron chi connectivity index (χ1n) is 15.8. The van der Waals surface area contributed by atoms with Gasteiger partial charge in [-0.1, -0.05) is 77.9 Å². The number of methoxy groups -OCH3 is 2. The molecule has 0 bridgehead atoms. The molecule has 0 fully saturated rings. The van der Waals surface area contributed by atoms with Crippen LogP contribution in [0, 0.1) is 0 Å². The Bertz CT molecular complexity index is 1650. The molecule has 4 rings (SSSR count). The number of hydrogen-bond acceptors (Lipinski definition) is 8. The number of hydrogen-bond donors (Lipinski definition) is 0. The summed E-state index contributed by atoms with van der Waals surface area (Å²) in [7, 11) is 1.17. The van der Waals surface area contributed by atoms with Gasteiger partial charge in [0.2, 0.25) is 0 Å². The molecule has 9 heteroatoms. The Morgan fingerprint density at radius 3 is 1.40 bits per heavy atom. The van der Waals surface area contributed by atoms with Gasteiger partial charge in [0.15, 0.2) is 0 Å². The molecular formula is C39H47O8P. The number of para-hydroxylation sites is 2. The predicted molar refractivity (Wildman–Crippen MR) is 191 cm³/mol. The van der Waals surface area contributed by atoms with E-state index in [1.807, 2.05) is 72.8 Å². The molecule has 0 aliphatic rings. The van der Waals surface area contributed by atoms with E-state index in [1.165, 1.54) is 0 Å². The lowest BCUT2D eigenvalue weighted by atomic mass is 9.86. The standard InChI is InChI=1S/C39H47O8P/c1-37(2,3)30-24-26(41-10)20-22-34(30)46-48(47-35-23-21-27(42-11)25-31(35)38(4,5)6)45-33-19-15-13-17-29(33)28-16-12-14-18-32(28)43-36(40)44-39(7,8)9/h12-25H,1-11H3. The summed E-state index contributed by atoms with van der Waals surface area (Å²) in [4.78, 5) is 12.7. The molecule has 4 aromatic carbocycles. The minimum absolute atomic E-state index is 0.280. The van der Waals surface area contributed by atoms with Gasteiger partial charge < -0.3 is 32.5 Å². The fourth-order valence-corrected chi connectivity index (χ4v) is 5.88. The molecule has 4 aromatic rings. The average Bonchev–Trinajstić information content (AvgIpc) is 3.00. The van der Waals surface area contributed by atoms with Crippen LogP contribution in [-0.2, 0) is 15.6 Å². The van der Waals surface area contributed by atoms with E-state index in [-0.39, 0.29) is 10.8 Å². The summed E-state index contributed by atoms with van der Waals surface area (Å²) < 4.78 is 42.2. The quantitative estimate of drug-likeness (QED) is 0.0934. The van der Waals surface area contributed by atoms with Gasteiger partial charge in [-0.3, -0.25) is 0 Å².